The van der Waals surface area contributed by atoms with Gasteiger partial charge in [-0.25, -0.2) is 0 Å². The SMILES string of the molecule is C=C1C2CCC(CC2)C(C)C1C. The molecule has 0 aliphatic heterocycles. The van der Waals surface area contributed by atoms with Gasteiger partial charge < -0.3 is 0 Å². The van der Waals surface area contributed by atoms with Gasteiger partial charge in [0.2, 0.25) is 0 Å². The van der Waals surface area contributed by atoms with Gasteiger partial charge in [0.05, 0.1) is 0 Å². The summed E-state index contributed by atoms with van der Waals surface area (Å²) in [6.07, 6.45) is 5.79. The smallest absolute Gasteiger partial charge is 0.0203 e. The molecule has 0 nitrogen and oxygen atoms in total. The monoisotopic (exact) mass is 164 g/mol. The third-order valence-electron chi connectivity index (χ3n) is 4.41. The molecule has 0 aromatic heterocycles. The van der Waals surface area contributed by atoms with Crippen LogP contribution in [0.5, 0.6) is 0 Å². The van der Waals surface area contributed by atoms with Gasteiger partial charge in [-0.15, -0.1) is 0 Å². The lowest BCUT2D eigenvalue weighted by atomic mass is 9.80. The van der Waals surface area contributed by atoms with Crippen molar-refractivity contribution in [2.45, 2.75) is 39.5 Å². The number of fused-ring (bicyclic) bond motifs is 4. The Hall–Kier alpha value is -0.260. The molecule has 3 fully saturated rings. The Bertz CT molecular complexity index is 184. The summed E-state index contributed by atoms with van der Waals surface area (Å²) in [6, 6.07) is 0. The Morgan fingerprint density at radius 2 is 1.67 bits per heavy atom. The number of rotatable bonds is 0. The Balaban J connectivity index is 2.25. The molecule has 0 heteroatoms. The van der Waals surface area contributed by atoms with Gasteiger partial charge in [-0.1, -0.05) is 26.0 Å². The van der Waals surface area contributed by atoms with Gasteiger partial charge in [-0.05, 0) is 49.4 Å². The summed E-state index contributed by atoms with van der Waals surface area (Å²) in [5.74, 6) is 3.56. The van der Waals surface area contributed by atoms with E-state index in [-0.39, 0.29) is 0 Å². The van der Waals surface area contributed by atoms with Crippen molar-refractivity contribution < 1.29 is 0 Å². The minimum Gasteiger partial charge on any atom is -0.0993 e. The second-order valence-corrected chi connectivity index (χ2v) is 4.83. The summed E-state index contributed by atoms with van der Waals surface area (Å²) in [6.45, 7) is 9.09. The number of allylic oxidation sites excluding steroid dienone is 1. The third-order valence-corrected chi connectivity index (χ3v) is 4.41. The summed E-state index contributed by atoms with van der Waals surface area (Å²) in [4.78, 5) is 0. The van der Waals surface area contributed by atoms with Crippen LogP contribution in [0.3, 0.4) is 0 Å². The predicted octanol–water partition coefficient (Wildman–Crippen LogP) is 3.63. The maximum Gasteiger partial charge on any atom is -0.0203 e. The van der Waals surface area contributed by atoms with Crippen molar-refractivity contribution in [3.05, 3.63) is 12.2 Å². The Kier molecular flexibility index (Phi) is 2.02. The first kappa shape index (κ1) is 8.34. The van der Waals surface area contributed by atoms with Crippen LogP contribution < -0.4 is 0 Å². The van der Waals surface area contributed by atoms with E-state index in [9.17, 15) is 0 Å². The van der Waals surface area contributed by atoms with E-state index in [1.54, 1.807) is 5.57 Å². The summed E-state index contributed by atoms with van der Waals surface area (Å²) in [5.41, 5.74) is 1.56. The molecule has 0 amide bonds. The molecular weight excluding hydrogens is 144 g/mol. The Labute approximate surface area is 76.1 Å². The van der Waals surface area contributed by atoms with Gasteiger partial charge in [0, 0.05) is 0 Å². The molecule has 0 aromatic carbocycles. The molecule has 2 bridgehead atoms. The molecule has 0 saturated heterocycles. The van der Waals surface area contributed by atoms with Crippen molar-refractivity contribution >= 4 is 0 Å². The molecule has 0 spiro atoms. The lowest BCUT2D eigenvalue weighted by Gasteiger charge is -2.25. The normalized spacial score (nSPS) is 47.7. The van der Waals surface area contributed by atoms with Crippen LogP contribution in [0.25, 0.3) is 0 Å². The fourth-order valence-electron chi connectivity index (χ4n) is 3.13. The number of hydrogen-bond acceptors (Lipinski definition) is 0. The maximum atomic E-state index is 4.28. The van der Waals surface area contributed by atoms with Gasteiger partial charge in [0.1, 0.15) is 0 Å². The topological polar surface area (TPSA) is 0 Å². The minimum absolute atomic E-state index is 0.782. The average molecular weight is 164 g/mol. The fraction of sp³-hybridized carbons (Fsp3) is 0.833. The molecule has 3 aliphatic rings. The van der Waals surface area contributed by atoms with Crippen LogP contribution in [0.4, 0.5) is 0 Å². The Morgan fingerprint density at radius 3 is 2.25 bits per heavy atom. The Morgan fingerprint density at radius 1 is 1.08 bits per heavy atom. The van der Waals surface area contributed by atoms with E-state index >= 15 is 0 Å². The molecule has 68 valence electrons. The first-order valence-electron chi connectivity index (χ1n) is 5.39. The van der Waals surface area contributed by atoms with E-state index in [4.69, 9.17) is 0 Å². The van der Waals surface area contributed by atoms with Gasteiger partial charge in [0.15, 0.2) is 0 Å². The molecule has 3 aliphatic carbocycles. The molecule has 0 radical (unpaired) electrons. The maximum absolute atomic E-state index is 4.28. The molecule has 3 saturated carbocycles. The van der Waals surface area contributed by atoms with Gasteiger partial charge in [-0.3, -0.25) is 0 Å². The summed E-state index contributed by atoms with van der Waals surface area (Å²) < 4.78 is 0. The van der Waals surface area contributed by atoms with Crippen molar-refractivity contribution in [3.8, 4) is 0 Å². The van der Waals surface area contributed by atoms with E-state index < -0.39 is 0 Å². The van der Waals surface area contributed by atoms with Crippen molar-refractivity contribution in [1.82, 2.24) is 0 Å². The molecule has 12 heavy (non-hydrogen) atoms. The highest BCUT2D eigenvalue weighted by atomic mass is 14.4. The van der Waals surface area contributed by atoms with Crippen LogP contribution in [-0.4, -0.2) is 0 Å². The van der Waals surface area contributed by atoms with Crippen LogP contribution in [0.1, 0.15) is 39.5 Å². The van der Waals surface area contributed by atoms with E-state index in [0.29, 0.717) is 0 Å². The van der Waals surface area contributed by atoms with Crippen LogP contribution in [0, 0.1) is 23.7 Å². The van der Waals surface area contributed by atoms with E-state index in [1.807, 2.05) is 0 Å². The van der Waals surface area contributed by atoms with Crippen molar-refractivity contribution in [2.75, 3.05) is 0 Å². The molecule has 2 unspecified atom stereocenters. The first-order chi connectivity index (χ1) is 5.70. The van der Waals surface area contributed by atoms with E-state index in [0.717, 1.165) is 23.7 Å². The van der Waals surface area contributed by atoms with E-state index in [2.05, 4.69) is 20.4 Å². The molecule has 0 N–H and O–H groups in total. The van der Waals surface area contributed by atoms with Crippen molar-refractivity contribution in [1.29, 1.82) is 0 Å². The van der Waals surface area contributed by atoms with E-state index in [1.165, 1.54) is 25.7 Å². The standard InChI is InChI=1S/C12H20/c1-8-9(2)11-4-6-12(7-5-11)10(8)3/h8,10-12H,2,4-7H2,1,3H3. The molecular formula is C12H20. The highest BCUT2D eigenvalue weighted by Crippen LogP contribution is 2.47. The highest BCUT2D eigenvalue weighted by Gasteiger charge is 2.36. The minimum atomic E-state index is 0.782. The quantitative estimate of drug-likeness (QED) is 0.479. The fourth-order valence-corrected chi connectivity index (χ4v) is 3.13. The van der Waals surface area contributed by atoms with Crippen LogP contribution in [0.2, 0.25) is 0 Å². The largest absolute Gasteiger partial charge is 0.0993 e. The molecule has 3 rings (SSSR count). The molecule has 2 atom stereocenters. The zero-order chi connectivity index (χ0) is 8.72. The zero-order valence-corrected chi connectivity index (χ0v) is 8.34. The summed E-state index contributed by atoms with van der Waals surface area (Å²) in [5, 5.41) is 0. The van der Waals surface area contributed by atoms with Gasteiger partial charge in [0.25, 0.3) is 0 Å². The molecule has 0 aromatic rings. The van der Waals surface area contributed by atoms with Crippen LogP contribution >= 0.6 is 0 Å². The highest BCUT2D eigenvalue weighted by molar-refractivity contribution is 5.11. The third kappa shape index (κ3) is 1.12. The lowest BCUT2D eigenvalue weighted by molar-refractivity contribution is 0.250. The first-order valence-corrected chi connectivity index (χ1v) is 5.39. The number of hydrogen-bond donors (Lipinski definition) is 0. The predicted molar refractivity (Wildman–Crippen MR) is 52.9 cm³/mol. The van der Waals surface area contributed by atoms with Crippen molar-refractivity contribution in [3.63, 3.8) is 0 Å². The zero-order valence-electron chi connectivity index (χ0n) is 8.34. The van der Waals surface area contributed by atoms with Gasteiger partial charge >= 0.3 is 0 Å². The summed E-state index contributed by atoms with van der Waals surface area (Å²) >= 11 is 0. The molecule has 0 heterocycles. The van der Waals surface area contributed by atoms with Crippen LogP contribution in [0.15, 0.2) is 12.2 Å². The average Bonchev–Trinajstić information content (AvgIpc) is 2.27. The second kappa shape index (κ2) is 2.90. The summed E-state index contributed by atoms with van der Waals surface area (Å²) in [7, 11) is 0. The second-order valence-electron chi connectivity index (χ2n) is 4.83. The van der Waals surface area contributed by atoms with Crippen molar-refractivity contribution in [2.24, 2.45) is 23.7 Å². The van der Waals surface area contributed by atoms with Crippen LogP contribution in [-0.2, 0) is 0 Å². The lowest BCUT2D eigenvalue weighted by Crippen LogP contribution is -2.16. The van der Waals surface area contributed by atoms with Gasteiger partial charge in [-0.2, -0.15) is 0 Å².